The Morgan fingerprint density at radius 1 is 1.17 bits per heavy atom. The molecule has 0 amide bonds. The van der Waals surface area contributed by atoms with Crippen LogP contribution >= 0.6 is 11.8 Å². The molecule has 6 heteroatoms. The first-order valence-electron chi connectivity index (χ1n) is 10.6. The number of β-amino-alcohol motifs (C(OH)–C–C–N with tert-alkyl or cyclic N) is 1. The summed E-state index contributed by atoms with van der Waals surface area (Å²) >= 11 is 1.76. The summed E-state index contributed by atoms with van der Waals surface area (Å²) in [7, 11) is 0. The van der Waals surface area contributed by atoms with Crippen molar-refractivity contribution < 1.29 is 9.84 Å². The molecule has 0 saturated carbocycles. The Bertz CT molecular complexity index is 970. The highest BCUT2D eigenvalue weighted by Crippen LogP contribution is 2.25. The van der Waals surface area contributed by atoms with E-state index in [1.807, 2.05) is 20.0 Å². The molecule has 0 radical (unpaired) electrons. The highest BCUT2D eigenvalue weighted by molar-refractivity contribution is 7.98. The molecular formula is C24H31N3O2S. The van der Waals surface area contributed by atoms with Crippen LogP contribution in [0.3, 0.4) is 0 Å². The van der Waals surface area contributed by atoms with Gasteiger partial charge in [0.05, 0.1) is 23.8 Å². The molecule has 3 heterocycles. The van der Waals surface area contributed by atoms with E-state index in [1.54, 1.807) is 11.8 Å². The summed E-state index contributed by atoms with van der Waals surface area (Å²) in [6.45, 7) is 6.99. The summed E-state index contributed by atoms with van der Waals surface area (Å²) < 4.78 is 8.26. The molecule has 30 heavy (non-hydrogen) atoms. The van der Waals surface area contributed by atoms with Gasteiger partial charge in [-0.2, -0.15) is 0 Å². The highest BCUT2D eigenvalue weighted by atomic mass is 32.2. The second-order valence-electron chi connectivity index (χ2n) is 8.73. The van der Waals surface area contributed by atoms with Gasteiger partial charge in [0.15, 0.2) is 0 Å². The van der Waals surface area contributed by atoms with Gasteiger partial charge in [-0.15, -0.1) is 11.8 Å². The largest absolute Gasteiger partial charge is 0.389 e. The first-order valence-corrected chi connectivity index (χ1v) is 11.8. The van der Waals surface area contributed by atoms with Crippen LogP contribution in [-0.2, 0) is 11.3 Å². The molecule has 1 saturated heterocycles. The van der Waals surface area contributed by atoms with Crippen LogP contribution in [0.15, 0.2) is 53.7 Å². The second kappa shape index (κ2) is 9.10. The van der Waals surface area contributed by atoms with Crippen molar-refractivity contribution in [2.45, 2.75) is 49.9 Å². The summed E-state index contributed by atoms with van der Waals surface area (Å²) in [6, 6.07) is 12.8. The average molecular weight is 426 g/mol. The number of rotatable bonds is 7. The molecular weight excluding hydrogens is 394 g/mol. The lowest BCUT2D eigenvalue weighted by Gasteiger charge is -2.35. The lowest BCUT2D eigenvalue weighted by molar-refractivity contribution is -0.0243. The van der Waals surface area contributed by atoms with E-state index in [0.717, 1.165) is 43.9 Å². The summed E-state index contributed by atoms with van der Waals surface area (Å²) in [4.78, 5) is 8.26. The van der Waals surface area contributed by atoms with E-state index in [0.29, 0.717) is 6.61 Å². The molecule has 1 aliphatic rings. The van der Waals surface area contributed by atoms with Crippen LogP contribution in [0, 0.1) is 0 Å². The Balaban J connectivity index is 1.33. The van der Waals surface area contributed by atoms with Gasteiger partial charge in [-0.3, -0.25) is 0 Å². The summed E-state index contributed by atoms with van der Waals surface area (Å²) in [5.41, 5.74) is 1.63. The number of likely N-dealkylation sites (tertiary alicyclic amines) is 1. The van der Waals surface area contributed by atoms with Crippen LogP contribution in [0.4, 0.5) is 0 Å². The Hall–Kier alpha value is -1.86. The lowest BCUT2D eigenvalue weighted by atomic mass is 10.0. The maximum absolute atomic E-state index is 9.98. The lowest BCUT2D eigenvalue weighted by Crippen LogP contribution is -2.44. The standard InChI is InChI=1S/C24H31N3O2S/c1-24(2,28)17-26-11-9-20(10-12-26)29-16-18-4-7-23(25-15-18)27-13-8-19-14-21(30-3)5-6-22(19)27/h4-8,13-15,20,28H,9-12,16-17H2,1-3H3. The van der Waals surface area contributed by atoms with Crippen molar-refractivity contribution in [2.75, 3.05) is 25.9 Å². The van der Waals surface area contributed by atoms with E-state index in [1.165, 1.54) is 15.8 Å². The van der Waals surface area contributed by atoms with Crippen molar-refractivity contribution >= 4 is 22.7 Å². The number of pyridine rings is 1. The zero-order chi connectivity index (χ0) is 21.1. The quantitative estimate of drug-likeness (QED) is 0.565. The van der Waals surface area contributed by atoms with Gasteiger partial charge in [0, 0.05) is 42.3 Å². The molecule has 5 nitrogen and oxygen atoms in total. The van der Waals surface area contributed by atoms with E-state index < -0.39 is 5.60 Å². The van der Waals surface area contributed by atoms with Crippen LogP contribution in [0.2, 0.25) is 0 Å². The monoisotopic (exact) mass is 425 g/mol. The molecule has 0 atom stereocenters. The fraction of sp³-hybridized carbons (Fsp3) is 0.458. The average Bonchev–Trinajstić information content (AvgIpc) is 3.15. The maximum Gasteiger partial charge on any atom is 0.137 e. The fourth-order valence-electron chi connectivity index (χ4n) is 4.09. The molecule has 160 valence electrons. The van der Waals surface area contributed by atoms with Crippen molar-refractivity contribution in [2.24, 2.45) is 0 Å². The van der Waals surface area contributed by atoms with Gasteiger partial charge < -0.3 is 19.3 Å². The highest BCUT2D eigenvalue weighted by Gasteiger charge is 2.24. The van der Waals surface area contributed by atoms with Gasteiger partial charge in [-0.05, 0) is 68.8 Å². The number of ether oxygens (including phenoxy) is 1. The Kier molecular flexibility index (Phi) is 6.48. The number of thioether (sulfide) groups is 1. The smallest absolute Gasteiger partial charge is 0.137 e. The molecule has 1 fully saturated rings. The SMILES string of the molecule is CSc1ccc2c(ccn2-c2ccc(COC3CCN(CC(C)(C)O)CC3)cn2)c1. The second-order valence-corrected chi connectivity index (χ2v) is 9.61. The predicted molar refractivity (Wildman–Crippen MR) is 123 cm³/mol. The Labute approximate surface area is 183 Å². The zero-order valence-corrected chi connectivity index (χ0v) is 18.9. The van der Waals surface area contributed by atoms with Gasteiger partial charge in [0.25, 0.3) is 0 Å². The molecule has 0 spiro atoms. The predicted octanol–water partition coefficient (Wildman–Crippen LogP) is 4.50. The van der Waals surface area contributed by atoms with Crippen molar-refractivity contribution in [1.29, 1.82) is 0 Å². The van der Waals surface area contributed by atoms with Crippen molar-refractivity contribution in [1.82, 2.24) is 14.5 Å². The Morgan fingerprint density at radius 2 is 1.97 bits per heavy atom. The number of nitrogens with zero attached hydrogens (tertiary/aromatic N) is 3. The number of hydrogen-bond acceptors (Lipinski definition) is 5. The maximum atomic E-state index is 9.98. The summed E-state index contributed by atoms with van der Waals surface area (Å²) in [6.07, 6.45) is 8.39. The van der Waals surface area contributed by atoms with E-state index in [-0.39, 0.29) is 6.10 Å². The topological polar surface area (TPSA) is 50.5 Å². The van der Waals surface area contributed by atoms with Gasteiger partial charge in [0.2, 0.25) is 0 Å². The number of aromatic nitrogens is 2. The van der Waals surface area contributed by atoms with Gasteiger partial charge >= 0.3 is 0 Å². The van der Waals surface area contributed by atoms with Crippen LogP contribution < -0.4 is 0 Å². The normalized spacial score (nSPS) is 16.4. The zero-order valence-electron chi connectivity index (χ0n) is 18.0. The molecule has 0 bridgehead atoms. The minimum atomic E-state index is -0.636. The third-order valence-electron chi connectivity index (χ3n) is 5.58. The molecule has 0 unspecified atom stereocenters. The first-order chi connectivity index (χ1) is 14.4. The Morgan fingerprint density at radius 3 is 2.63 bits per heavy atom. The van der Waals surface area contributed by atoms with Crippen LogP contribution in [0.25, 0.3) is 16.7 Å². The van der Waals surface area contributed by atoms with Crippen LogP contribution in [0.1, 0.15) is 32.3 Å². The molecule has 0 aliphatic carbocycles. The number of aliphatic hydroxyl groups is 1. The number of benzene rings is 1. The van der Waals surface area contributed by atoms with Crippen molar-refractivity contribution in [3.05, 3.63) is 54.4 Å². The molecule has 1 aromatic carbocycles. The number of fused-ring (bicyclic) bond motifs is 1. The van der Waals surface area contributed by atoms with Gasteiger partial charge in [-0.1, -0.05) is 6.07 Å². The van der Waals surface area contributed by atoms with Gasteiger partial charge in [0.1, 0.15) is 5.82 Å². The van der Waals surface area contributed by atoms with Crippen molar-refractivity contribution in [3.8, 4) is 5.82 Å². The minimum absolute atomic E-state index is 0.279. The molecule has 2 aromatic heterocycles. The summed E-state index contributed by atoms with van der Waals surface area (Å²) in [5, 5.41) is 11.2. The van der Waals surface area contributed by atoms with Crippen molar-refractivity contribution in [3.63, 3.8) is 0 Å². The minimum Gasteiger partial charge on any atom is -0.389 e. The van der Waals surface area contributed by atoms with E-state index in [4.69, 9.17) is 4.74 Å². The van der Waals surface area contributed by atoms with E-state index >= 15 is 0 Å². The summed E-state index contributed by atoms with van der Waals surface area (Å²) in [5.74, 6) is 0.922. The first kappa shape index (κ1) is 21.4. The van der Waals surface area contributed by atoms with E-state index in [2.05, 4.69) is 63.3 Å². The number of piperidine rings is 1. The van der Waals surface area contributed by atoms with Crippen LogP contribution in [-0.4, -0.2) is 57.2 Å². The van der Waals surface area contributed by atoms with Crippen LogP contribution in [0.5, 0.6) is 0 Å². The molecule has 4 rings (SSSR count). The molecule has 3 aromatic rings. The molecule has 1 N–H and O–H groups in total. The number of hydrogen-bond donors (Lipinski definition) is 1. The van der Waals surface area contributed by atoms with Gasteiger partial charge in [-0.25, -0.2) is 4.98 Å². The van der Waals surface area contributed by atoms with E-state index in [9.17, 15) is 5.11 Å². The third kappa shape index (κ3) is 5.24. The third-order valence-corrected chi connectivity index (χ3v) is 6.31. The molecule has 1 aliphatic heterocycles. The fourth-order valence-corrected chi connectivity index (χ4v) is 4.54.